The fraction of sp³-hybridized carbons (Fsp3) is 0.429. The lowest BCUT2D eigenvalue weighted by atomic mass is 9.82. The fourth-order valence-electron chi connectivity index (χ4n) is 3.92. The zero-order chi connectivity index (χ0) is 18.8. The van der Waals surface area contributed by atoms with E-state index in [0.29, 0.717) is 17.8 Å². The molecular weight excluding hydrogens is 342 g/mol. The highest BCUT2D eigenvalue weighted by Gasteiger charge is 2.44. The van der Waals surface area contributed by atoms with Crippen molar-refractivity contribution in [2.75, 3.05) is 12.4 Å². The number of anilines is 1. The van der Waals surface area contributed by atoms with Crippen molar-refractivity contribution in [3.63, 3.8) is 0 Å². The van der Waals surface area contributed by atoms with E-state index in [1.54, 1.807) is 13.3 Å². The molecule has 0 radical (unpaired) electrons. The summed E-state index contributed by atoms with van der Waals surface area (Å²) < 4.78 is 10.9. The Morgan fingerprint density at radius 2 is 2.04 bits per heavy atom. The van der Waals surface area contributed by atoms with Gasteiger partial charge in [-0.2, -0.15) is 0 Å². The second kappa shape index (κ2) is 7.47. The molecule has 27 heavy (non-hydrogen) atoms. The van der Waals surface area contributed by atoms with Crippen molar-refractivity contribution >= 4 is 11.8 Å². The van der Waals surface area contributed by atoms with Crippen molar-refractivity contribution in [3.8, 4) is 5.88 Å². The maximum absolute atomic E-state index is 12.5. The first-order valence-corrected chi connectivity index (χ1v) is 9.44. The lowest BCUT2D eigenvalue weighted by Gasteiger charge is -2.39. The minimum absolute atomic E-state index is 0.201. The van der Waals surface area contributed by atoms with Crippen LogP contribution in [0.5, 0.6) is 5.88 Å². The molecule has 0 unspecified atom stereocenters. The van der Waals surface area contributed by atoms with Crippen molar-refractivity contribution in [3.05, 3.63) is 53.7 Å². The largest absolute Gasteiger partial charge is 0.481 e. The van der Waals surface area contributed by atoms with Gasteiger partial charge in [0.05, 0.1) is 18.7 Å². The predicted octanol–water partition coefficient (Wildman–Crippen LogP) is 3.90. The molecule has 1 aliphatic carbocycles. The predicted molar refractivity (Wildman–Crippen MR) is 103 cm³/mol. The van der Waals surface area contributed by atoms with E-state index in [1.165, 1.54) is 12.8 Å². The summed E-state index contributed by atoms with van der Waals surface area (Å²) in [6.45, 7) is 2.41. The SMILES string of the molecule is COc1nccc2c1[C@H](NC(=O)OCc1ccccc1)[C@@H](C)[C@H](C1CC1)N2. The van der Waals surface area contributed by atoms with Crippen LogP contribution in [0.3, 0.4) is 0 Å². The second-order valence-corrected chi connectivity index (χ2v) is 7.33. The van der Waals surface area contributed by atoms with E-state index in [1.807, 2.05) is 36.4 Å². The number of nitrogens with one attached hydrogen (secondary N) is 2. The Morgan fingerprint density at radius 1 is 1.26 bits per heavy atom. The monoisotopic (exact) mass is 367 g/mol. The number of rotatable bonds is 5. The van der Waals surface area contributed by atoms with Crippen LogP contribution >= 0.6 is 0 Å². The molecule has 0 spiro atoms. The molecule has 2 aliphatic rings. The number of hydrogen-bond donors (Lipinski definition) is 2. The Bertz CT molecular complexity index is 808. The Kier molecular flexibility index (Phi) is 4.88. The smallest absolute Gasteiger partial charge is 0.407 e. The van der Waals surface area contributed by atoms with E-state index in [9.17, 15) is 4.79 Å². The van der Waals surface area contributed by atoms with Gasteiger partial charge in [-0.3, -0.25) is 0 Å². The van der Waals surface area contributed by atoms with E-state index in [4.69, 9.17) is 9.47 Å². The van der Waals surface area contributed by atoms with Gasteiger partial charge in [-0.1, -0.05) is 37.3 Å². The Labute approximate surface area is 159 Å². The normalized spacial score (nSPS) is 23.7. The summed E-state index contributed by atoms with van der Waals surface area (Å²) in [4.78, 5) is 16.8. The third-order valence-electron chi connectivity index (χ3n) is 5.49. The number of amides is 1. The lowest BCUT2D eigenvalue weighted by Crippen LogP contribution is -2.45. The van der Waals surface area contributed by atoms with Gasteiger partial charge in [0.1, 0.15) is 6.61 Å². The number of alkyl carbamates (subject to hydrolysis) is 1. The number of pyridine rings is 1. The third-order valence-corrected chi connectivity index (χ3v) is 5.49. The van der Waals surface area contributed by atoms with Crippen LogP contribution in [0.2, 0.25) is 0 Å². The molecule has 142 valence electrons. The Morgan fingerprint density at radius 3 is 2.74 bits per heavy atom. The van der Waals surface area contributed by atoms with E-state index in [-0.39, 0.29) is 18.6 Å². The van der Waals surface area contributed by atoms with Gasteiger partial charge in [-0.25, -0.2) is 9.78 Å². The number of benzene rings is 1. The van der Waals surface area contributed by atoms with Gasteiger partial charge < -0.3 is 20.1 Å². The van der Waals surface area contributed by atoms with Crippen LogP contribution in [-0.4, -0.2) is 24.2 Å². The molecule has 6 heteroatoms. The van der Waals surface area contributed by atoms with Gasteiger partial charge in [0.15, 0.2) is 0 Å². The molecule has 2 heterocycles. The first-order chi connectivity index (χ1) is 13.2. The molecule has 0 saturated heterocycles. The average Bonchev–Trinajstić information content (AvgIpc) is 3.53. The lowest BCUT2D eigenvalue weighted by molar-refractivity contribution is 0.130. The highest BCUT2D eigenvalue weighted by molar-refractivity contribution is 5.70. The standard InChI is InChI=1S/C21H25N3O3/c1-13-18(15-8-9-15)23-16-10-11-22-20(26-2)17(16)19(13)24-21(25)27-12-14-6-4-3-5-7-14/h3-7,10-11,13,15,18-19,23H,8-9,12H2,1-2H3,(H,24,25)/t13-,18+,19+/m0/s1. The molecule has 4 rings (SSSR count). The Hall–Kier alpha value is -2.76. The number of ether oxygens (including phenoxy) is 2. The maximum Gasteiger partial charge on any atom is 0.407 e. The van der Waals surface area contributed by atoms with Gasteiger partial charge in [0.2, 0.25) is 5.88 Å². The van der Waals surface area contributed by atoms with Gasteiger partial charge >= 0.3 is 6.09 Å². The van der Waals surface area contributed by atoms with Crippen LogP contribution in [0.4, 0.5) is 10.5 Å². The zero-order valence-corrected chi connectivity index (χ0v) is 15.6. The van der Waals surface area contributed by atoms with Crippen LogP contribution in [0.1, 0.15) is 36.9 Å². The van der Waals surface area contributed by atoms with Crippen molar-refractivity contribution in [2.45, 2.75) is 38.5 Å². The summed E-state index contributed by atoms with van der Waals surface area (Å²) in [7, 11) is 1.60. The molecule has 2 N–H and O–H groups in total. The maximum atomic E-state index is 12.5. The second-order valence-electron chi connectivity index (χ2n) is 7.33. The van der Waals surface area contributed by atoms with Crippen LogP contribution < -0.4 is 15.4 Å². The molecule has 1 aromatic heterocycles. The number of hydrogen-bond acceptors (Lipinski definition) is 5. The van der Waals surface area contributed by atoms with Crippen LogP contribution in [-0.2, 0) is 11.3 Å². The van der Waals surface area contributed by atoms with Gasteiger partial charge in [-0.15, -0.1) is 0 Å². The molecule has 0 bridgehead atoms. The molecule has 2 aromatic rings. The summed E-state index contributed by atoms with van der Waals surface area (Å²) >= 11 is 0. The van der Waals surface area contributed by atoms with E-state index in [2.05, 4.69) is 22.5 Å². The quantitative estimate of drug-likeness (QED) is 0.839. The molecule has 1 saturated carbocycles. The first-order valence-electron chi connectivity index (χ1n) is 9.44. The molecule has 1 aromatic carbocycles. The zero-order valence-electron chi connectivity index (χ0n) is 15.6. The van der Waals surface area contributed by atoms with Crippen molar-refractivity contribution in [2.24, 2.45) is 11.8 Å². The highest BCUT2D eigenvalue weighted by Crippen LogP contribution is 2.47. The van der Waals surface area contributed by atoms with Gasteiger partial charge in [-0.05, 0) is 30.4 Å². The summed E-state index contributed by atoms with van der Waals surface area (Å²) in [6, 6.07) is 11.7. The number of carbonyl (C=O) groups excluding carboxylic acids is 1. The topological polar surface area (TPSA) is 72.5 Å². The summed E-state index contributed by atoms with van der Waals surface area (Å²) in [5.74, 6) is 1.39. The van der Waals surface area contributed by atoms with Crippen LogP contribution in [0, 0.1) is 11.8 Å². The van der Waals surface area contributed by atoms with Gasteiger partial charge in [0, 0.05) is 23.8 Å². The fourth-order valence-corrected chi connectivity index (χ4v) is 3.92. The highest BCUT2D eigenvalue weighted by atomic mass is 16.5. The van der Waals surface area contributed by atoms with Crippen molar-refractivity contribution in [1.82, 2.24) is 10.3 Å². The molecule has 1 amide bonds. The summed E-state index contributed by atoms with van der Waals surface area (Å²) in [5, 5.41) is 6.69. The van der Waals surface area contributed by atoms with Crippen molar-refractivity contribution < 1.29 is 14.3 Å². The summed E-state index contributed by atoms with van der Waals surface area (Å²) in [6.07, 6.45) is 3.76. The van der Waals surface area contributed by atoms with Gasteiger partial charge in [0.25, 0.3) is 0 Å². The van der Waals surface area contributed by atoms with Crippen LogP contribution in [0.15, 0.2) is 42.6 Å². The number of methoxy groups -OCH3 is 1. The molecule has 3 atom stereocenters. The minimum atomic E-state index is -0.427. The number of nitrogens with zero attached hydrogens (tertiary/aromatic N) is 1. The van der Waals surface area contributed by atoms with E-state index in [0.717, 1.165) is 16.8 Å². The van der Waals surface area contributed by atoms with Crippen molar-refractivity contribution in [1.29, 1.82) is 0 Å². The first kappa shape index (κ1) is 17.6. The number of carbonyl (C=O) groups is 1. The van der Waals surface area contributed by atoms with E-state index >= 15 is 0 Å². The third kappa shape index (κ3) is 3.70. The average molecular weight is 367 g/mol. The molecular formula is C21H25N3O3. The Balaban J connectivity index is 1.53. The number of aromatic nitrogens is 1. The molecule has 1 aliphatic heterocycles. The molecule has 1 fully saturated rings. The minimum Gasteiger partial charge on any atom is -0.481 e. The summed E-state index contributed by atoms with van der Waals surface area (Å²) in [5.41, 5.74) is 2.83. The molecule has 6 nitrogen and oxygen atoms in total. The van der Waals surface area contributed by atoms with E-state index < -0.39 is 6.09 Å². The number of fused-ring (bicyclic) bond motifs is 1. The van der Waals surface area contributed by atoms with Crippen LogP contribution in [0.25, 0.3) is 0 Å².